The number of fused-ring (bicyclic) bond motifs is 1. The summed E-state index contributed by atoms with van der Waals surface area (Å²) in [6, 6.07) is 19.0. The zero-order valence-corrected chi connectivity index (χ0v) is 17.5. The molecule has 0 bridgehead atoms. The highest BCUT2D eigenvalue weighted by Gasteiger charge is 2.32. The molecule has 0 aliphatic carbocycles. The second-order valence-corrected chi connectivity index (χ2v) is 6.91. The molecule has 152 valence electrons. The third-order valence-electron chi connectivity index (χ3n) is 5.17. The van der Waals surface area contributed by atoms with Crippen molar-refractivity contribution in [1.82, 2.24) is 0 Å². The average Bonchev–Trinajstić information content (AvgIpc) is 2.76. The maximum Gasteiger partial charge on any atom is 0.262 e. The number of hydrogen-bond acceptors (Lipinski definition) is 4. The van der Waals surface area contributed by atoms with Crippen LogP contribution in [0.15, 0.2) is 60.7 Å². The normalized spacial score (nSPS) is 12.2. The van der Waals surface area contributed by atoms with E-state index in [0.717, 1.165) is 22.0 Å². The standard InChI is InChI=1S/C24H27NO4/c1-16-14-15-18-10-6-7-11-19(18)22(16)25(17(2)24(28-4)29-5)23(26)20-12-8-9-13-21(20)27-3/h6-15,17,24H,1-5H3. The molecule has 0 aromatic heterocycles. The Kier molecular flexibility index (Phi) is 6.52. The third kappa shape index (κ3) is 3.97. The quantitative estimate of drug-likeness (QED) is 0.541. The molecule has 0 N–H and O–H groups in total. The van der Waals surface area contributed by atoms with Crippen LogP contribution in [-0.4, -0.2) is 39.6 Å². The number of carbonyl (C=O) groups excluding carboxylic acids is 1. The van der Waals surface area contributed by atoms with Crippen molar-refractivity contribution in [2.24, 2.45) is 0 Å². The minimum atomic E-state index is -0.591. The molecule has 0 heterocycles. The minimum Gasteiger partial charge on any atom is -0.496 e. The molecule has 3 aromatic rings. The fraction of sp³-hybridized carbons (Fsp3) is 0.292. The first kappa shape index (κ1) is 20.8. The van der Waals surface area contributed by atoms with E-state index in [1.807, 2.05) is 56.3 Å². The summed E-state index contributed by atoms with van der Waals surface area (Å²) in [6.45, 7) is 3.93. The average molecular weight is 393 g/mol. The fourth-order valence-electron chi connectivity index (χ4n) is 3.74. The van der Waals surface area contributed by atoms with Crippen molar-refractivity contribution in [3.63, 3.8) is 0 Å². The lowest BCUT2D eigenvalue weighted by Crippen LogP contribution is -2.47. The van der Waals surface area contributed by atoms with Crippen LogP contribution in [0, 0.1) is 6.92 Å². The molecule has 3 rings (SSSR count). The Hall–Kier alpha value is -2.89. The van der Waals surface area contributed by atoms with Gasteiger partial charge in [0, 0.05) is 19.6 Å². The Labute approximate surface area is 171 Å². The molecule has 5 nitrogen and oxygen atoms in total. The van der Waals surface area contributed by atoms with Gasteiger partial charge in [-0.1, -0.05) is 48.5 Å². The second-order valence-electron chi connectivity index (χ2n) is 6.91. The van der Waals surface area contributed by atoms with E-state index in [2.05, 4.69) is 6.07 Å². The Morgan fingerprint density at radius 2 is 1.55 bits per heavy atom. The third-order valence-corrected chi connectivity index (χ3v) is 5.17. The van der Waals surface area contributed by atoms with Crippen molar-refractivity contribution in [2.45, 2.75) is 26.2 Å². The van der Waals surface area contributed by atoms with Crippen molar-refractivity contribution in [2.75, 3.05) is 26.2 Å². The van der Waals surface area contributed by atoms with Crippen LogP contribution in [0.4, 0.5) is 5.69 Å². The fourth-order valence-corrected chi connectivity index (χ4v) is 3.74. The van der Waals surface area contributed by atoms with Gasteiger partial charge in [0.1, 0.15) is 5.75 Å². The molecule has 3 aromatic carbocycles. The van der Waals surface area contributed by atoms with Crippen LogP contribution in [0.2, 0.25) is 0 Å². The van der Waals surface area contributed by atoms with Crippen LogP contribution in [0.25, 0.3) is 10.8 Å². The second kappa shape index (κ2) is 9.07. The molecule has 0 aliphatic rings. The van der Waals surface area contributed by atoms with E-state index in [0.29, 0.717) is 11.3 Å². The Morgan fingerprint density at radius 3 is 2.24 bits per heavy atom. The van der Waals surface area contributed by atoms with Gasteiger partial charge in [-0.15, -0.1) is 0 Å². The molecule has 0 radical (unpaired) electrons. The van der Waals surface area contributed by atoms with Gasteiger partial charge in [0.2, 0.25) is 0 Å². The lowest BCUT2D eigenvalue weighted by atomic mass is 10.0. The van der Waals surface area contributed by atoms with E-state index in [1.165, 1.54) is 0 Å². The van der Waals surface area contributed by atoms with E-state index in [1.54, 1.807) is 38.4 Å². The molecule has 0 spiro atoms. The van der Waals surface area contributed by atoms with Crippen LogP contribution in [0.5, 0.6) is 5.75 Å². The summed E-state index contributed by atoms with van der Waals surface area (Å²) in [7, 11) is 4.72. The number of rotatable bonds is 7. The van der Waals surface area contributed by atoms with Gasteiger partial charge in [0.05, 0.1) is 24.4 Å². The topological polar surface area (TPSA) is 48.0 Å². The van der Waals surface area contributed by atoms with Gasteiger partial charge in [-0.25, -0.2) is 0 Å². The van der Waals surface area contributed by atoms with Crippen LogP contribution in [0.1, 0.15) is 22.8 Å². The van der Waals surface area contributed by atoms with Crippen molar-refractivity contribution in [3.8, 4) is 5.75 Å². The Balaban J connectivity index is 2.25. The van der Waals surface area contributed by atoms with E-state index in [-0.39, 0.29) is 11.9 Å². The SMILES string of the molecule is COc1ccccc1C(=O)N(c1c(C)ccc2ccccc12)C(C)C(OC)OC. The van der Waals surface area contributed by atoms with Crippen molar-refractivity contribution < 1.29 is 19.0 Å². The highest BCUT2D eigenvalue weighted by atomic mass is 16.7. The van der Waals surface area contributed by atoms with Gasteiger partial charge in [-0.05, 0) is 36.9 Å². The van der Waals surface area contributed by atoms with Crippen LogP contribution in [-0.2, 0) is 9.47 Å². The number of nitrogens with zero attached hydrogens (tertiary/aromatic N) is 1. The van der Waals surface area contributed by atoms with Crippen LogP contribution < -0.4 is 9.64 Å². The van der Waals surface area contributed by atoms with E-state index < -0.39 is 6.29 Å². The van der Waals surface area contributed by atoms with Gasteiger partial charge in [0.25, 0.3) is 5.91 Å². The molecule has 0 fully saturated rings. The molecule has 0 saturated carbocycles. The number of ether oxygens (including phenoxy) is 3. The molecular weight excluding hydrogens is 366 g/mol. The molecule has 0 aliphatic heterocycles. The minimum absolute atomic E-state index is 0.173. The number of methoxy groups -OCH3 is 3. The molecule has 5 heteroatoms. The summed E-state index contributed by atoms with van der Waals surface area (Å²) < 4.78 is 16.5. The molecule has 1 amide bonds. The van der Waals surface area contributed by atoms with Crippen molar-refractivity contribution >= 4 is 22.4 Å². The number of amides is 1. The van der Waals surface area contributed by atoms with E-state index >= 15 is 0 Å². The molecule has 1 atom stereocenters. The molecule has 29 heavy (non-hydrogen) atoms. The Morgan fingerprint density at radius 1 is 0.897 bits per heavy atom. The predicted molar refractivity (Wildman–Crippen MR) is 116 cm³/mol. The number of para-hydroxylation sites is 1. The number of benzene rings is 3. The van der Waals surface area contributed by atoms with Gasteiger partial charge in [-0.2, -0.15) is 0 Å². The molecule has 1 unspecified atom stereocenters. The first-order chi connectivity index (χ1) is 14.0. The zero-order valence-electron chi connectivity index (χ0n) is 17.5. The first-order valence-electron chi connectivity index (χ1n) is 9.54. The highest BCUT2D eigenvalue weighted by Crippen LogP contribution is 2.35. The summed E-state index contributed by atoms with van der Waals surface area (Å²) in [5.74, 6) is 0.354. The van der Waals surface area contributed by atoms with Crippen molar-refractivity contribution in [1.29, 1.82) is 0 Å². The maximum atomic E-state index is 13.8. The van der Waals surface area contributed by atoms with E-state index in [9.17, 15) is 4.79 Å². The summed E-state index contributed by atoms with van der Waals surface area (Å²) in [5, 5.41) is 2.05. The Bertz CT molecular complexity index is 997. The number of hydrogen-bond donors (Lipinski definition) is 0. The smallest absolute Gasteiger partial charge is 0.262 e. The highest BCUT2D eigenvalue weighted by molar-refractivity contribution is 6.13. The molecular formula is C24H27NO4. The lowest BCUT2D eigenvalue weighted by Gasteiger charge is -2.35. The van der Waals surface area contributed by atoms with Crippen molar-refractivity contribution in [3.05, 3.63) is 71.8 Å². The van der Waals surface area contributed by atoms with Gasteiger partial charge < -0.3 is 14.2 Å². The predicted octanol–water partition coefficient (Wildman–Crippen LogP) is 4.81. The maximum absolute atomic E-state index is 13.8. The summed E-state index contributed by atoms with van der Waals surface area (Å²) in [5.41, 5.74) is 2.32. The lowest BCUT2D eigenvalue weighted by molar-refractivity contribution is -0.113. The largest absolute Gasteiger partial charge is 0.496 e. The van der Waals surface area contributed by atoms with E-state index in [4.69, 9.17) is 14.2 Å². The monoisotopic (exact) mass is 393 g/mol. The van der Waals surface area contributed by atoms with Gasteiger partial charge in [-0.3, -0.25) is 9.69 Å². The summed E-state index contributed by atoms with van der Waals surface area (Å²) >= 11 is 0. The molecule has 0 saturated heterocycles. The van der Waals surface area contributed by atoms with Gasteiger partial charge in [0.15, 0.2) is 6.29 Å². The summed E-state index contributed by atoms with van der Waals surface area (Å²) in [4.78, 5) is 15.6. The zero-order chi connectivity index (χ0) is 21.0. The first-order valence-corrected chi connectivity index (χ1v) is 9.54. The number of carbonyl (C=O) groups is 1. The number of aryl methyl sites for hydroxylation is 1. The van der Waals surface area contributed by atoms with Gasteiger partial charge >= 0.3 is 0 Å². The number of anilines is 1. The summed E-state index contributed by atoms with van der Waals surface area (Å²) in [6.07, 6.45) is -0.591. The van der Waals surface area contributed by atoms with Crippen LogP contribution >= 0.6 is 0 Å². The van der Waals surface area contributed by atoms with Crippen LogP contribution in [0.3, 0.4) is 0 Å².